The molecule has 2 unspecified atom stereocenters. The van der Waals surface area contributed by atoms with Crippen molar-refractivity contribution in [2.75, 3.05) is 13.4 Å². The van der Waals surface area contributed by atoms with Gasteiger partial charge in [-0.2, -0.15) is 11.8 Å². The Morgan fingerprint density at radius 3 is 2.62 bits per heavy atom. The average molecular weight is 357 g/mol. The summed E-state index contributed by atoms with van der Waals surface area (Å²) >= 11 is 16.4. The Morgan fingerprint density at radius 2 is 1.90 bits per heavy atom. The summed E-state index contributed by atoms with van der Waals surface area (Å²) in [4.78, 5) is 2.35. The number of alkyl halides is 1. The van der Waals surface area contributed by atoms with Gasteiger partial charge in [0.2, 0.25) is 0 Å². The monoisotopic (exact) mass is 356 g/mol. The van der Waals surface area contributed by atoms with Crippen molar-refractivity contribution in [3.8, 4) is 5.75 Å². The van der Waals surface area contributed by atoms with Crippen molar-refractivity contribution >= 4 is 46.7 Å². The molecule has 1 heterocycles. The number of fused-ring (bicyclic) bond motifs is 2. The molecule has 0 spiro atoms. The Morgan fingerprint density at radius 1 is 1.10 bits per heavy atom. The second kappa shape index (κ2) is 6.33. The molecule has 110 valence electrons. The van der Waals surface area contributed by atoms with Crippen LogP contribution in [-0.4, -0.2) is 13.4 Å². The molecule has 2 aromatic rings. The van der Waals surface area contributed by atoms with Crippen LogP contribution in [0.5, 0.6) is 5.75 Å². The van der Waals surface area contributed by atoms with Crippen LogP contribution >= 0.6 is 46.7 Å². The van der Waals surface area contributed by atoms with E-state index in [9.17, 15) is 0 Å². The summed E-state index contributed by atoms with van der Waals surface area (Å²) in [5, 5.41) is 0.819. The van der Waals surface area contributed by atoms with E-state index in [0.717, 1.165) is 21.2 Å². The Hall–Kier alpha value is -0.480. The maximum atomic E-state index is 6.77. The highest BCUT2D eigenvalue weighted by atomic mass is 35.5. The number of halogens is 2. The van der Waals surface area contributed by atoms with E-state index in [1.54, 1.807) is 30.6 Å². The van der Waals surface area contributed by atoms with Crippen LogP contribution in [0.25, 0.3) is 0 Å². The van der Waals surface area contributed by atoms with Gasteiger partial charge in [0.05, 0.1) is 17.7 Å². The maximum absolute atomic E-state index is 6.77. The molecule has 3 rings (SSSR count). The number of hydrogen-bond acceptors (Lipinski definition) is 3. The van der Waals surface area contributed by atoms with Crippen LogP contribution in [0.4, 0.5) is 0 Å². The third-order valence-electron chi connectivity index (χ3n) is 3.54. The Labute approximate surface area is 143 Å². The molecule has 5 heteroatoms. The van der Waals surface area contributed by atoms with E-state index >= 15 is 0 Å². The van der Waals surface area contributed by atoms with E-state index in [1.165, 1.54) is 10.5 Å². The zero-order chi connectivity index (χ0) is 15.0. The minimum absolute atomic E-state index is 0.101. The van der Waals surface area contributed by atoms with Crippen LogP contribution in [0.1, 0.15) is 21.8 Å². The van der Waals surface area contributed by atoms with Gasteiger partial charge in [-0.3, -0.25) is 0 Å². The summed E-state index contributed by atoms with van der Waals surface area (Å²) < 4.78 is 5.35. The van der Waals surface area contributed by atoms with Crippen LogP contribution < -0.4 is 4.74 Å². The first-order chi connectivity index (χ1) is 10.1. The topological polar surface area (TPSA) is 9.23 Å². The number of thioether (sulfide) groups is 1. The van der Waals surface area contributed by atoms with Gasteiger partial charge >= 0.3 is 0 Å². The highest BCUT2D eigenvalue weighted by molar-refractivity contribution is 8.00. The Balaban J connectivity index is 2.18. The zero-order valence-electron chi connectivity index (χ0n) is 11.6. The normalized spacial score (nSPS) is 20.4. The van der Waals surface area contributed by atoms with E-state index in [-0.39, 0.29) is 10.6 Å². The van der Waals surface area contributed by atoms with Gasteiger partial charge in [0.1, 0.15) is 5.75 Å². The third-order valence-corrected chi connectivity index (χ3v) is 6.61. The van der Waals surface area contributed by atoms with Crippen LogP contribution in [0, 0.1) is 0 Å². The van der Waals surface area contributed by atoms with Gasteiger partial charge in [0, 0.05) is 14.8 Å². The minimum Gasteiger partial charge on any atom is -0.497 e. The molecule has 0 saturated carbocycles. The van der Waals surface area contributed by atoms with Crippen LogP contribution in [-0.2, 0) is 0 Å². The first kappa shape index (κ1) is 15.4. The molecule has 21 heavy (non-hydrogen) atoms. The van der Waals surface area contributed by atoms with Gasteiger partial charge in [0.25, 0.3) is 0 Å². The smallest absolute Gasteiger partial charge is 0.120 e. The molecule has 0 saturated heterocycles. The quantitative estimate of drug-likeness (QED) is 0.593. The Bertz CT molecular complexity index is 675. The molecule has 2 atom stereocenters. The molecule has 0 aliphatic carbocycles. The molecule has 0 fully saturated rings. The van der Waals surface area contributed by atoms with Crippen molar-refractivity contribution in [2.45, 2.75) is 20.4 Å². The average Bonchev–Trinajstić information content (AvgIpc) is 2.61. The third kappa shape index (κ3) is 2.89. The molecule has 2 aromatic carbocycles. The van der Waals surface area contributed by atoms with Crippen LogP contribution in [0.3, 0.4) is 0 Å². The number of methoxy groups -OCH3 is 1. The van der Waals surface area contributed by atoms with Gasteiger partial charge in [-0.25, -0.2) is 0 Å². The molecular formula is C16H14Cl2OS2. The van der Waals surface area contributed by atoms with Crippen molar-refractivity contribution in [1.29, 1.82) is 0 Å². The van der Waals surface area contributed by atoms with Crippen molar-refractivity contribution in [3.63, 3.8) is 0 Å². The lowest BCUT2D eigenvalue weighted by atomic mass is 10.0. The number of benzene rings is 2. The van der Waals surface area contributed by atoms with Crippen molar-refractivity contribution in [2.24, 2.45) is 0 Å². The second-order valence-electron chi connectivity index (χ2n) is 4.75. The maximum Gasteiger partial charge on any atom is 0.120 e. The van der Waals surface area contributed by atoms with Gasteiger partial charge in [-0.1, -0.05) is 29.4 Å². The van der Waals surface area contributed by atoms with E-state index in [0.29, 0.717) is 0 Å². The summed E-state index contributed by atoms with van der Waals surface area (Å²) in [7, 11) is 1.69. The molecule has 1 nitrogen and oxygen atoms in total. The fourth-order valence-corrected chi connectivity index (χ4v) is 5.43. The summed E-state index contributed by atoms with van der Waals surface area (Å²) in [5.74, 6) is 0.865. The largest absolute Gasteiger partial charge is 0.497 e. The van der Waals surface area contributed by atoms with Crippen molar-refractivity contribution in [1.82, 2.24) is 0 Å². The van der Waals surface area contributed by atoms with E-state index in [4.69, 9.17) is 27.9 Å². The first-order valence-corrected chi connectivity index (χ1v) is 9.38. The molecule has 0 radical (unpaired) electrons. The number of ether oxygens (including phenoxy) is 1. The summed E-state index contributed by atoms with van der Waals surface area (Å²) in [5.41, 5.74) is 2.35. The van der Waals surface area contributed by atoms with E-state index < -0.39 is 0 Å². The Kier molecular flexibility index (Phi) is 4.65. The molecule has 0 aromatic heterocycles. The lowest BCUT2D eigenvalue weighted by Gasteiger charge is -2.21. The fourth-order valence-electron chi connectivity index (χ4n) is 2.48. The lowest BCUT2D eigenvalue weighted by Crippen LogP contribution is -2.02. The molecule has 1 aliphatic rings. The standard InChI is InChI=1S/C16H14Cl2OS2/c1-19-10-4-5-11-14(8-10)21-13-6-3-9(17)7-12(13)15(18)16(11)20-2/h3-8,15-16H,1-2H3. The SMILES string of the molecule is COc1ccc2c(c1)Sc1ccc(Cl)cc1C(Cl)C2SC. The zero-order valence-corrected chi connectivity index (χ0v) is 14.7. The highest BCUT2D eigenvalue weighted by Gasteiger charge is 2.30. The molecular weight excluding hydrogens is 343 g/mol. The van der Waals surface area contributed by atoms with Crippen molar-refractivity contribution < 1.29 is 4.74 Å². The van der Waals surface area contributed by atoms with Gasteiger partial charge in [-0.05, 0) is 47.7 Å². The fraction of sp³-hybridized carbons (Fsp3) is 0.250. The molecule has 0 amide bonds. The summed E-state index contributed by atoms with van der Waals surface area (Å²) in [6.07, 6.45) is 2.09. The van der Waals surface area contributed by atoms with Crippen molar-refractivity contribution in [3.05, 3.63) is 52.5 Å². The highest BCUT2D eigenvalue weighted by Crippen LogP contribution is 2.53. The summed E-state index contributed by atoms with van der Waals surface area (Å²) in [6.45, 7) is 0. The molecule has 0 bridgehead atoms. The van der Waals surface area contributed by atoms with Gasteiger partial charge in [-0.15, -0.1) is 11.6 Å². The van der Waals surface area contributed by atoms with Gasteiger partial charge < -0.3 is 4.74 Å². The predicted molar refractivity (Wildman–Crippen MR) is 93.4 cm³/mol. The van der Waals surface area contributed by atoms with E-state index in [1.807, 2.05) is 24.3 Å². The van der Waals surface area contributed by atoms with Crippen LogP contribution in [0.15, 0.2) is 46.2 Å². The lowest BCUT2D eigenvalue weighted by molar-refractivity contribution is 0.413. The van der Waals surface area contributed by atoms with Gasteiger partial charge in [0.15, 0.2) is 0 Å². The predicted octanol–water partition coefficient (Wildman–Crippen LogP) is 6.20. The second-order valence-corrected chi connectivity index (χ2v) is 7.72. The number of rotatable bonds is 2. The first-order valence-electron chi connectivity index (χ1n) is 6.46. The minimum atomic E-state index is -0.101. The molecule has 0 N–H and O–H groups in total. The van der Waals surface area contributed by atoms with E-state index in [2.05, 4.69) is 18.4 Å². The molecule has 1 aliphatic heterocycles. The number of hydrogen-bond donors (Lipinski definition) is 0. The summed E-state index contributed by atoms with van der Waals surface area (Å²) in [6, 6.07) is 12.1. The van der Waals surface area contributed by atoms with Crippen LogP contribution in [0.2, 0.25) is 5.02 Å².